The molecule has 0 amide bonds. The first kappa shape index (κ1) is 5.10. The zero-order valence-corrected chi connectivity index (χ0v) is 4.69. The molecule has 1 fully saturated rings. The molecule has 1 aliphatic carbocycles. The summed E-state index contributed by atoms with van der Waals surface area (Å²) in [4.78, 5) is 0. The first-order valence-electron chi connectivity index (χ1n) is 3.04. The van der Waals surface area contributed by atoms with E-state index >= 15 is 0 Å². The summed E-state index contributed by atoms with van der Waals surface area (Å²) in [5.74, 6) is 0. The van der Waals surface area contributed by atoms with Crippen LogP contribution in [0, 0.1) is 6.42 Å². The van der Waals surface area contributed by atoms with Crippen LogP contribution >= 0.6 is 0 Å². The van der Waals surface area contributed by atoms with Gasteiger partial charge in [0.1, 0.15) is 0 Å². The fraction of sp³-hybridized carbons (Fsp3) is 0.833. The van der Waals surface area contributed by atoms with Gasteiger partial charge >= 0.3 is 0 Å². The summed E-state index contributed by atoms with van der Waals surface area (Å²) >= 11 is 0. The molecule has 1 saturated carbocycles. The van der Waals surface area contributed by atoms with Crippen LogP contribution in [0.5, 0.6) is 0 Å². The molecule has 3 N–H and O–H groups in total. The van der Waals surface area contributed by atoms with Crippen LogP contribution in [0.2, 0.25) is 0 Å². The predicted octanol–water partition coefficient (Wildman–Crippen LogP) is 0.375. The second-order valence-electron chi connectivity index (χ2n) is 2.31. The lowest BCUT2D eigenvalue weighted by Crippen LogP contribution is -2.61. The van der Waals surface area contributed by atoms with Crippen molar-refractivity contribution in [1.29, 1.82) is 0 Å². The van der Waals surface area contributed by atoms with Crippen molar-refractivity contribution in [1.82, 2.24) is 0 Å². The summed E-state index contributed by atoms with van der Waals surface area (Å²) in [7, 11) is 0. The average Bonchev–Trinajstić information content (AvgIpc) is 1.69. The van der Waals surface area contributed by atoms with Gasteiger partial charge in [-0.3, -0.25) is 0 Å². The average molecular weight is 99.2 g/mol. The molecule has 1 rings (SSSR count). The summed E-state index contributed by atoms with van der Waals surface area (Å²) in [6, 6.07) is 0.755. The molecule has 0 aromatic carbocycles. The minimum atomic E-state index is 0.755. The Bertz CT molecular complexity index is 46.1. The quantitative estimate of drug-likeness (QED) is 0.454. The molecular formula is C6H13N+. The van der Waals surface area contributed by atoms with Gasteiger partial charge in [-0.15, -0.1) is 0 Å². The van der Waals surface area contributed by atoms with E-state index in [-0.39, 0.29) is 0 Å². The molecule has 1 heteroatoms. The molecule has 0 heterocycles. The highest BCUT2D eigenvalue weighted by Gasteiger charge is 2.09. The minimum Gasteiger partial charge on any atom is -0.355 e. The summed E-state index contributed by atoms with van der Waals surface area (Å²) in [5, 5.41) is 0. The maximum atomic E-state index is 3.98. The molecule has 41 valence electrons. The smallest absolute Gasteiger partial charge is 0.0843 e. The molecule has 0 bridgehead atoms. The Morgan fingerprint density at radius 3 is 2.14 bits per heavy atom. The molecule has 1 radical (unpaired) electrons. The van der Waals surface area contributed by atoms with Crippen LogP contribution in [0.15, 0.2) is 0 Å². The fourth-order valence-electron chi connectivity index (χ4n) is 0.996. The highest BCUT2D eigenvalue weighted by atomic mass is 14.6. The van der Waals surface area contributed by atoms with Crippen LogP contribution in [-0.2, 0) is 0 Å². The maximum Gasteiger partial charge on any atom is 0.0843 e. The molecule has 0 saturated heterocycles. The van der Waals surface area contributed by atoms with Crippen LogP contribution in [0.1, 0.15) is 25.7 Å². The number of quaternary nitrogens is 1. The second kappa shape index (κ2) is 2.31. The molecule has 0 spiro atoms. The first-order valence-corrected chi connectivity index (χ1v) is 3.04. The van der Waals surface area contributed by atoms with Gasteiger partial charge in [-0.1, -0.05) is 0 Å². The van der Waals surface area contributed by atoms with E-state index in [9.17, 15) is 0 Å². The van der Waals surface area contributed by atoms with E-state index in [1.165, 1.54) is 25.7 Å². The normalized spacial score (nSPS) is 25.3. The van der Waals surface area contributed by atoms with Crippen molar-refractivity contribution in [2.24, 2.45) is 0 Å². The zero-order valence-electron chi connectivity index (χ0n) is 4.69. The molecule has 0 aliphatic heterocycles. The molecule has 1 nitrogen and oxygen atoms in total. The Balaban J connectivity index is 2.12. The lowest BCUT2D eigenvalue weighted by Gasteiger charge is -2.12. The summed E-state index contributed by atoms with van der Waals surface area (Å²) < 4.78 is 0. The largest absolute Gasteiger partial charge is 0.355 e. The predicted molar refractivity (Wildman–Crippen MR) is 29.4 cm³/mol. The number of hydrogen-bond donors (Lipinski definition) is 1. The van der Waals surface area contributed by atoms with Crippen molar-refractivity contribution in [2.45, 2.75) is 31.7 Å². The van der Waals surface area contributed by atoms with Crippen molar-refractivity contribution in [3.8, 4) is 0 Å². The van der Waals surface area contributed by atoms with Crippen molar-refractivity contribution >= 4 is 0 Å². The third kappa shape index (κ3) is 1.48. The molecular weight excluding hydrogens is 86.1 g/mol. The van der Waals surface area contributed by atoms with E-state index in [1.54, 1.807) is 0 Å². The molecule has 0 atom stereocenters. The zero-order chi connectivity index (χ0) is 5.11. The van der Waals surface area contributed by atoms with Crippen LogP contribution in [0.4, 0.5) is 0 Å². The Morgan fingerprint density at radius 2 is 1.86 bits per heavy atom. The van der Waals surface area contributed by atoms with Gasteiger partial charge in [-0.25, -0.2) is 0 Å². The number of hydrogen-bond acceptors (Lipinski definition) is 0. The maximum absolute atomic E-state index is 3.98. The molecule has 7 heavy (non-hydrogen) atoms. The van der Waals surface area contributed by atoms with E-state index < -0.39 is 0 Å². The van der Waals surface area contributed by atoms with Crippen molar-refractivity contribution in [3.63, 3.8) is 0 Å². The third-order valence-corrected chi connectivity index (χ3v) is 1.56. The monoisotopic (exact) mass is 99.1 g/mol. The van der Waals surface area contributed by atoms with Gasteiger partial charge in [0, 0.05) is 0 Å². The van der Waals surface area contributed by atoms with E-state index in [4.69, 9.17) is 0 Å². The van der Waals surface area contributed by atoms with Crippen LogP contribution in [0.3, 0.4) is 0 Å². The molecule has 1 aliphatic rings. The van der Waals surface area contributed by atoms with Gasteiger partial charge in [0.15, 0.2) is 0 Å². The topological polar surface area (TPSA) is 27.6 Å². The van der Waals surface area contributed by atoms with Gasteiger partial charge in [-0.2, -0.15) is 0 Å². The number of rotatable bonds is 0. The van der Waals surface area contributed by atoms with Crippen LogP contribution < -0.4 is 5.73 Å². The first-order chi connectivity index (χ1) is 3.39. The molecule has 0 unspecified atom stereocenters. The highest BCUT2D eigenvalue weighted by Crippen LogP contribution is 2.12. The van der Waals surface area contributed by atoms with Crippen LogP contribution in [-0.4, -0.2) is 6.04 Å². The van der Waals surface area contributed by atoms with E-state index in [2.05, 4.69) is 12.2 Å². The minimum absolute atomic E-state index is 0.755. The standard InChI is InChI=1S/C6H12N/c7-6-4-2-1-3-5-6/h1,6H,2-5,7H2/p+1. The summed E-state index contributed by atoms with van der Waals surface area (Å²) in [5.41, 5.74) is 3.98. The Labute approximate surface area is 44.9 Å². The highest BCUT2D eigenvalue weighted by molar-refractivity contribution is 4.74. The van der Waals surface area contributed by atoms with Gasteiger partial charge in [0.2, 0.25) is 0 Å². The van der Waals surface area contributed by atoms with Gasteiger partial charge in [0.05, 0.1) is 6.04 Å². The molecule has 0 aromatic rings. The summed E-state index contributed by atoms with van der Waals surface area (Å²) in [6.45, 7) is 0. The fourth-order valence-corrected chi connectivity index (χ4v) is 0.996. The Morgan fingerprint density at radius 1 is 1.29 bits per heavy atom. The Kier molecular flexibility index (Phi) is 1.69. The van der Waals surface area contributed by atoms with E-state index in [0.29, 0.717) is 0 Å². The third-order valence-electron chi connectivity index (χ3n) is 1.56. The SMILES string of the molecule is [NH3+]C1CC[CH]CC1. The van der Waals surface area contributed by atoms with Crippen molar-refractivity contribution < 1.29 is 5.73 Å². The van der Waals surface area contributed by atoms with Gasteiger partial charge < -0.3 is 5.73 Å². The van der Waals surface area contributed by atoms with Crippen LogP contribution in [0.25, 0.3) is 0 Å². The lowest BCUT2D eigenvalue weighted by molar-refractivity contribution is -0.424. The summed E-state index contributed by atoms with van der Waals surface area (Å²) in [6.07, 6.45) is 7.60. The lowest BCUT2D eigenvalue weighted by atomic mass is 9.97. The van der Waals surface area contributed by atoms with E-state index in [1.807, 2.05) is 0 Å². The van der Waals surface area contributed by atoms with Gasteiger partial charge in [-0.05, 0) is 32.1 Å². The molecule has 0 aromatic heterocycles. The van der Waals surface area contributed by atoms with Crippen molar-refractivity contribution in [2.75, 3.05) is 0 Å². The van der Waals surface area contributed by atoms with Gasteiger partial charge in [0.25, 0.3) is 0 Å². The van der Waals surface area contributed by atoms with E-state index in [0.717, 1.165) is 6.04 Å². The Hall–Kier alpha value is -0.0400. The second-order valence-corrected chi connectivity index (χ2v) is 2.31. The van der Waals surface area contributed by atoms with Crippen molar-refractivity contribution in [3.05, 3.63) is 6.42 Å².